The minimum atomic E-state index is -4.80. The first-order valence-corrected chi connectivity index (χ1v) is 10.5. The van der Waals surface area contributed by atoms with Gasteiger partial charge < -0.3 is 0 Å². The number of amides is 4. The number of hydrogen-bond acceptors (Lipinski definition) is 4. The van der Waals surface area contributed by atoms with Crippen molar-refractivity contribution in [1.82, 2.24) is 9.80 Å². The molecule has 4 rings (SSSR count). The van der Waals surface area contributed by atoms with Gasteiger partial charge >= 0.3 is 6.18 Å². The molecule has 1 atom stereocenters. The third kappa shape index (κ3) is 3.17. The lowest BCUT2D eigenvalue weighted by Gasteiger charge is -2.33. The molecule has 0 N–H and O–H groups in total. The number of alkyl halides is 3. The number of carbonyl (C=O) groups excluding carboxylic acids is 4. The average Bonchev–Trinajstić information content (AvgIpc) is 3.15. The second-order valence-corrected chi connectivity index (χ2v) is 8.43. The summed E-state index contributed by atoms with van der Waals surface area (Å²) in [7, 11) is 1.26. The number of imide groups is 2. The van der Waals surface area contributed by atoms with Gasteiger partial charge in [-0.25, -0.2) is 0 Å². The maximum absolute atomic E-state index is 14.5. The van der Waals surface area contributed by atoms with E-state index in [0.29, 0.717) is 6.42 Å². The van der Waals surface area contributed by atoms with E-state index in [1.54, 1.807) is 0 Å². The Morgan fingerprint density at radius 1 is 0.758 bits per heavy atom. The van der Waals surface area contributed by atoms with Crippen LogP contribution in [0.5, 0.6) is 0 Å². The standard InChI is InChI=1S/C24H21F3N2O4/c1-4-5-10-29-21(32)16-9-7-14(12-18(16)22(29)33)23(2,24(25,26)27)13-6-8-15-17(11-13)20(31)28(3)19(15)30/h6-9,11-12H,4-5,10H2,1-3H3. The highest BCUT2D eigenvalue weighted by Gasteiger charge is 2.54. The fourth-order valence-electron chi connectivity index (χ4n) is 4.29. The van der Waals surface area contributed by atoms with Crippen LogP contribution in [0.15, 0.2) is 36.4 Å². The summed E-state index contributed by atoms with van der Waals surface area (Å²) < 4.78 is 43.6. The largest absolute Gasteiger partial charge is 0.402 e. The quantitative estimate of drug-likeness (QED) is 0.631. The fourth-order valence-corrected chi connectivity index (χ4v) is 4.29. The van der Waals surface area contributed by atoms with Gasteiger partial charge in [-0.15, -0.1) is 0 Å². The molecular weight excluding hydrogens is 437 g/mol. The maximum Gasteiger partial charge on any atom is 0.402 e. The van der Waals surface area contributed by atoms with E-state index in [9.17, 15) is 32.3 Å². The Balaban J connectivity index is 1.84. The molecule has 0 radical (unpaired) electrons. The van der Waals surface area contributed by atoms with Crippen molar-refractivity contribution < 1.29 is 32.3 Å². The molecule has 0 aliphatic carbocycles. The van der Waals surface area contributed by atoms with Crippen LogP contribution in [-0.4, -0.2) is 53.2 Å². The van der Waals surface area contributed by atoms with Crippen LogP contribution in [0.25, 0.3) is 0 Å². The van der Waals surface area contributed by atoms with Crippen molar-refractivity contribution in [2.24, 2.45) is 0 Å². The van der Waals surface area contributed by atoms with Gasteiger partial charge in [0.25, 0.3) is 23.6 Å². The maximum atomic E-state index is 14.5. The van der Waals surface area contributed by atoms with E-state index in [1.165, 1.54) is 31.3 Å². The summed E-state index contributed by atoms with van der Waals surface area (Å²) in [5.74, 6) is -2.40. The first kappa shape index (κ1) is 22.7. The molecule has 0 bridgehead atoms. The molecule has 0 spiro atoms. The van der Waals surface area contributed by atoms with Crippen molar-refractivity contribution in [3.8, 4) is 0 Å². The molecule has 6 nitrogen and oxygen atoms in total. The van der Waals surface area contributed by atoms with Crippen LogP contribution in [0.2, 0.25) is 0 Å². The van der Waals surface area contributed by atoms with Crippen LogP contribution in [0, 0.1) is 0 Å². The van der Waals surface area contributed by atoms with Gasteiger partial charge in [-0.3, -0.25) is 29.0 Å². The zero-order valence-electron chi connectivity index (χ0n) is 18.2. The Hall–Kier alpha value is -3.49. The van der Waals surface area contributed by atoms with E-state index in [-0.39, 0.29) is 39.9 Å². The molecule has 4 amide bonds. The molecule has 2 heterocycles. The van der Waals surface area contributed by atoms with Crippen molar-refractivity contribution in [1.29, 1.82) is 0 Å². The minimum absolute atomic E-state index is 0.0390. The SMILES string of the molecule is CCCCN1C(=O)c2ccc(C(C)(c3ccc4c(c3)C(=O)N(C)C4=O)C(F)(F)F)cc2C1=O. The van der Waals surface area contributed by atoms with Crippen molar-refractivity contribution in [3.05, 3.63) is 69.8 Å². The molecule has 2 aromatic rings. The highest BCUT2D eigenvalue weighted by Crippen LogP contribution is 2.47. The smallest absolute Gasteiger partial charge is 0.277 e. The molecule has 33 heavy (non-hydrogen) atoms. The van der Waals surface area contributed by atoms with Crippen LogP contribution in [0.4, 0.5) is 13.2 Å². The van der Waals surface area contributed by atoms with Gasteiger partial charge in [-0.1, -0.05) is 25.5 Å². The zero-order valence-corrected chi connectivity index (χ0v) is 18.2. The highest BCUT2D eigenvalue weighted by atomic mass is 19.4. The number of nitrogens with zero attached hydrogens (tertiary/aromatic N) is 2. The summed E-state index contributed by atoms with van der Waals surface area (Å²) in [5.41, 5.74) is -3.15. The summed E-state index contributed by atoms with van der Waals surface area (Å²) in [6, 6.07) is 7.02. The van der Waals surface area contributed by atoms with Crippen LogP contribution in [0.1, 0.15) is 79.2 Å². The summed E-state index contributed by atoms with van der Waals surface area (Å²) >= 11 is 0. The van der Waals surface area contributed by atoms with Gasteiger partial charge in [0.05, 0.1) is 22.3 Å². The minimum Gasteiger partial charge on any atom is -0.277 e. The molecule has 0 saturated heterocycles. The summed E-state index contributed by atoms with van der Waals surface area (Å²) in [4.78, 5) is 51.8. The topological polar surface area (TPSA) is 74.8 Å². The first-order chi connectivity index (χ1) is 15.4. The molecule has 0 fully saturated rings. The third-order valence-electron chi connectivity index (χ3n) is 6.52. The van der Waals surface area contributed by atoms with Crippen LogP contribution in [0.3, 0.4) is 0 Å². The molecule has 2 aliphatic heterocycles. The fraction of sp³-hybridized carbons (Fsp3) is 0.333. The second-order valence-electron chi connectivity index (χ2n) is 8.43. The molecular formula is C24H21F3N2O4. The number of hydrogen-bond donors (Lipinski definition) is 0. The van der Waals surface area contributed by atoms with Crippen LogP contribution in [-0.2, 0) is 5.41 Å². The van der Waals surface area contributed by atoms with E-state index < -0.39 is 35.2 Å². The van der Waals surface area contributed by atoms with E-state index in [0.717, 1.165) is 35.3 Å². The number of benzene rings is 2. The number of rotatable bonds is 5. The van der Waals surface area contributed by atoms with Crippen molar-refractivity contribution in [2.45, 2.75) is 38.3 Å². The lowest BCUT2D eigenvalue weighted by Crippen LogP contribution is -2.41. The summed E-state index contributed by atoms with van der Waals surface area (Å²) in [5, 5.41) is 0. The van der Waals surface area contributed by atoms with E-state index in [1.807, 2.05) is 6.92 Å². The summed E-state index contributed by atoms with van der Waals surface area (Å²) in [6.45, 7) is 3.05. The van der Waals surface area contributed by atoms with Crippen LogP contribution >= 0.6 is 0 Å². The van der Waals surface area contributed by atoms with Crippen molar-refractivity contribution in [3.63, 3.8) is 0 Å². The molecule has 2 aliphatic rings. The van der Waals surface area contributed by atoms with Crippen molar-refractivity contribution >= 4 is 23.6 Å². The molecule has 0 saturated carbocycles. The molecule has 1 unspecified atom stereocenters. The Labute approximate surface area is 188 Å². The van der Waals surface area contributed by atoms with Gasteiger partial charge in [0.1, 0.15) is 5.41 Å². The number of fused-ring (bicyclic) bond motifs is 2. The van der Waals surface area contributed by atoms with Gasteiger partial charge in [0, 0.05) is 13.6 Å². The normalized spacial score (nSPS) is 17.5. The molecule has 2 aromatic carbocycles. The van der Waals surface area contributed by atoms with Crippen LogP contribution < -0.4 is 0 Å². The first-order valence-electron chi connectivity index (χ1n) is 10.5. The van der Waals surface area contributed by atoms with Crippen molar-refractivity contribution in [2.75, 3.05) is 13.6 Å². The average molecular weight is 458 g/mol. The van der Waals surface area contributed by atoms with E-state index in [2.05, 4.69) is 0 Å². The Bertz CT molecular complexity index is 1220. The van der Waals surface area contributed by atoms with Gasteiger partial charge in [0.15, 0.2) is 0 Å². The third-order valence-corrected chi connectivity index (χ3v) is 6.52. The predicted octanol–water partition coefficient (Wildman–Crippen LogP) is 4.18. The van der Waals surface area contributed by atoms with Gasteiger partial charge in [0.2, 0.25) is 0 Å². The Kier molecular flexibility index (Phi) is 5.18. The van der Waals surface area contributed by atoms with E-state index in [4.69, 9.17) is 0 Å². The number of unbranched alkanes of at least 4 members (excludes halogenated alkanes) is 1. The Morgan fingerprint density at radius 3 is 1.73 bits per heavy atom. The molecule has 172 valence electrons. The van der Waals surface area contributed by atoms with Gasteiger partial charge in [-0.05, 0) is 48.7 Å². The predicted molar refractivity (Wildman–Crippen MR) is 112 cm³/mol. The zero-order chi connectivity index (χ0) is 24.3. The molecule has 9 heteroatoms. The monoisotopic (exact) mass is 458 g/mol. The summed E-state index contributed by atoms with van der Waals surface area (Å²) in [6.07, 6.45) is -3.46. The number of halogens is 3. The van der Waals surface area contributed by atoms with E-state index >= 15 is 0 Å². The lowest BCUT2D eigenvalue weighted by atomic mass is 9.74. The Morgan fingerprint density at radius 2 is 1.21 bits per heavy atom. The second kappa shape index (κ2) is 7.54. The lowest BCUT2D eigenvalue weighted by molar-refractivity contribution is -0.173. The number of carbonyl (C=O) groups is 4. The van der Waals surface area contributed by atoms with Gasteiger partial charge in [-0.2, -0.15) is 13.2 Å². The highest BCUT2D eigenvalue weighted by molar-refractivity contribution is 6.22. The molecule has 0 aromatic heterocycles.